The first-order chi connectivity index (χ1) is 16.3. The van der Waals surface area contributed by atoms with Crippen LogP contribution in [0.4, 0.5) is 4.39 Å². The summed E-state index contributed by atoms with van der Waals surface area (Å²) in [6.45, 7) is 2.01. The van der Waals surface area contributed by atoms with Crippen molar-refractivity contribution in [3.63, 3.8) is 0 Å². The summed E-state index contributed by atoms with van der Waals surface area (Å²) in [7, 11) is 1.42. The summed E-state index contributed by atoms with van der Waals surface area (Å²) in [5.74, 6) is -1.98. The summed E-state index contributed by atoms with van der Waals surface area (Å²) in [5.41, 5.74) is 2.47. The third kappa shape index (κ3) is 4.41. The highest BCUT2D eigenvalue weighted by atomic mass is 35.5. The van der Waals surface area contributed by atoms with E-state index in [0.717, 1.165) is 11.1 Å². The number of benzene rings is 3. The molecule has 1 aliphatic rings. The van der Waals surface area contributed by atoms with Gasteiger partial charge in [0.1, 0.15) is 17.3 Å². The van der Waals surface area contributed by atoms with Crippen molar-refractivity contribution in [1.82, 2.24) is 4.90 Å². The van der Waals surface area contributed by atoms with E-state index in [1.165, 1.54) is 24.1 Å². The first kappa shape index (κ1) is 23.5. The summed E-state index contributed by atoms with van der Waals surface area (Å²) in [6.07, 6.45) is 0.413. The molecule has 0 aliphatic carbocycles. The van der Waals surface area contributed by atoms with Gasteiger partial charge in [0.2, 0.25) is 0 Å². The lowest BCUT2D eigenvalue weighted by molar-refractivity contribution is -0.139. The van der Waals surface area contributed by atoms with Crippen molar-refractivity contribution in [2.75, 3.05) is 13.7 Å². The molecule has 0 aromatic heterocycles. The van der Waals surface area contributed by atoms with Gasteiger partial charge in [-0.15, -0.1) is 0 Å². The molecule has 0 saturated carbocycles. The fraction of sp³-hybridized carbons (Fsp3) is 0.185. The number of likely N-dealkylation sites (tertiary alicyclic amines) is 1. The van der Waals surface area contributed by atoms with E-state index in [1.807, 2.05) is 6.07 Å². The fourth-order valence-corrected chi connectivity index (χ4v) is 4.60. The molecule has 3 aromatic carbocycles. The van der Waals surface area contributed by atoms with Crippen LogP contribution in [0.25, 0.3) is 5.76 Å². The number of aliphatic hydroxyl groups is 1. The largest absolute Gasteiger partial charge is 0.507 e. The smallest absolute Gasteiger partial charge is 0.295 e. The average Bonchev–Trinajstić information content (AvgIpc) is 3.08. The number of aryl methyl sites for hydroxylation is 1. The molecule has 0 radical (unpaired) electrons. The van der Waals surface area contributed by atoms with Crippen molar-refractivity contribution < 1.29 is 23.8 Å². The zero-order valence-corrected chi connectivity index (χ0v) is 19.5. The number of ketones is 1. The number of carbonyl (C=O) groups is 2. The number of ether oxygens (including phenoxy) is 1. The third-order valence-electron chi connectivity index (χ3n) is 5.86. The van der Waals surface area contributed by atoms with Gasteiger partial charge < -0.3 is 14.7 Å². The number of methoxy groups -OCH3 is 1. The molecule has 1 amide bonds. The molecule has 1 saturated heterocycles. The second kappa shape index (κ2) is 9.69. The molecular formula is C27H23ClFNO4. The Hall–Kier alpha value is -3.64. The van der Waals surface area contributed by atoms with Crippen LogP contribution in [-0.4, -0.2) is 35.4 Å². The predicted octanol–water partition coefficient (Wildman–Crippen LogP) is 5.46. The number of halogens is 2. The maximum atomic E-state index is 13.3. The topological polar surface area (TPSA) is 66.8 Å². The van der Waals surface area contributed by atoms with Gasteiger partial charge in [-0.3, -0.25) is 9.59 Å². The molecule has 1 unspecified atom stereocenters. The Morgan fingerprint density at radius 1 is 1.09 bits per heavy atom. The van der Waals surface area contributed by atoms with Crippen molar-refractivity contribution in [2.45, 2.75) is 19.4 Å². The second-order valence-corrected chi connectivity index (χ2v) is 8.51. The van der Waals surface area contributed by atoms with E-state index in [4.69, 9.17) is 16.3 Å². The maximum absolute atomic E-state index is 13.3. The van der Waals surface area contributed by atoms with Crippen molar-refractivity contribution in [3.8, 4) is 5.75 Å². The van der Waals surface area contributed by atoms with E-state index in [2.05, 4.69) is 0 Å². The standard InChI is InChI=1S/C27H23ClFNO4/c1-16-14-20(26(34-2)21(28)15-16)24(31)22-23(18-6-4-3-5-7-18)30(27(33)25(22)32)13-12-17-8-10-19(29)11-9-17/h3-11,14-15,23,31H,12-13H2,1-2H3/b24-22+. The Labute approximate surface area is 202 Å². The highest BCUT2D eigenvalue weighted by Gasteiger charge is 2.46. The number of Topliss-reactive ketones (excluding diaryl/α,β-unsaturated/α-hetero) is 1. The highest BCUT2D eigenvalue weighted by Crippen LogP contribution is 2.42. The number of hydrogen-bond donors (Lipinski definition) is 1. The molecule has 4 rings (SSSR count). The molecule has 0 bridgehead atoms. The number of nitrogens with zero attached hydrogens (tertiary/aromatic N) is 1. The normalized spacial score (nSPS) is 17.3. The molecule has 7 heteroatoms. The highest BCUT2D eigenvalue weighted by molar-refractivity contribution is 6.46. The van der Waals surface area contributed by atoms with Crippen molar-refractivity contribution in [2.24, 2.45) is 0 Å². The molecule has 174 valence electrons. The summed E-state index contributed by atoms with van der Waals surface area (Å²) in [5, 5.41) is 11.6. The first-order valence-electron chi connectivity index (χ1n) is 10.7. The fourth-order valence-electron chi connectivity index (χ4n) is 4.25. The molecule has 34 heavy (non-hydrogen) atoms. The molecule has 1 N–H and O–H groups in total. The number of aliphatic hydroxyl groups excluding tert-OH is 1. The van der Waals surface area contributed by atoms with Gasteiger partial charge in [-0.25, -0.2) is 4.39 Å². The number of carbonyl (C=O) groups excluding carboxylic acids is 2. The SMILES string of the molecule is COc1c(Cl)cc(C)cc1/C(O)=C1\C(=O)C(=O)N(CCc2ccc(F)cc2)C1c1ccccc1. The summed E-state index contributed by atoms with van der Waals surface area (Å²) in [6, 6.07) is 17.6. The molecule has 1 aliphatic heterocycles. The van der Waals surface area contributed by atoms with E-state index in [9.17, 15) is 19.1 Å². The molecule has 0 spiro atoms. The number of rotatable bonds is 6. The predicted molar refractivity (Wildman–Crippen MR) is 128 cm³/mol. The van der Waals surface area contributed by atoms with E-state index in [1.54, 1.807) is 55.5 Å². The first-order valence-corrected chi connectivity index (χ1v) is 11.1. The van der Waals surface area contributed by atoms with Crippen LogP contribution >= 0.6 is 11.6 Å². The van der Waals surface area contributed by atoms with Crippen molar-refractivity contribution >= 4 is 29.1 Å². The zero-order chi connectivity index (χ0) is 24.4. The quantitative estimate of drug-likeness (QED) is 0.289. The second-order valence-electron chi connectivity index (χ2n) is 8.11. The van der Waals surface area contributed by atoms with Gasteiger partial charge in [0, 0.05) is 6.54 Å². The monoisotopic (exact) mass is 479 g/mol. The van der Waals surface area contributed by atoms with E-state index in [-0.39, 0.29) is 40.0 Å². The summed E-state index contributed by atoms with van der Waals surface area (Å²) >= 11 is 6.31. The lowest BCUT2D eigenvalue weighted by Crippen LogP contribution is -2.31. The van der Waals surface area contributed by atoms with Gasteiger partial charge in [-0.05, 0) is 54.3 Å². The van der Waals surface area contributed by atoms with Crippen molar-refractivity contribution in [3.05, 3.63) is 105 Å². The zero-order valence-electron chi connectivity index (χ0n) is 18.7. The van der Waals surface area contributed by atoms with Crippen LogP contribution in [0, 0.1) is 12.7 Å². The van der Waals surface area contributed by atoms with Gasteiger partial charge in [-0.1, -0.05) is 54.1 Å². The minimum Gasteiger partial charge on any atom is -0.507 e. The maximum Gasteiger partial charge on any atom is 0.295 e. The van der Waals surface area contributed by atoms with Crippen LogP contribution < -0.4 is 4.74 Å². The molecule has 3 aromatic rings. The minimum absolute atomic E-state index is 0.0322. The van der Waals surface area contributed by atoms with E-state index >= 15 is 0 Å². The summed E-state index contributed by atoms with van der Waals surface area (Å²) < 4.78 is 18.7. The number of hydrogen-bond acceptors (Lipinski definition) is 4. The Kier molecular flexibility index (Phi) is 6.70. The number of amides is 1. The van der Waals surface area contributed by atoms with Gasteiger partial charge in [0.15, 0.2) is 0 Å². The van der Waals surface area contributed by atoms with Crippen LogP contribution in [0.3, 0.4) is 0 Å². The van der Waals surface area contributed by atoms with Crippen LogP contribution in [-0.2, 0) is 16.0 Å². The van der Waals surface area contributed by atoms with Gasteiger partial charge in [0.05, 0.1) is 29.3 Å². The van der Waals surface area contributed by atoms with Gasteiger partial charge in [0.25, 0.3) is 11.7 Å². The Morgan fingerprint density at radius 2 is 1.76 bits per heavy atom. The molecule has 1 heterocycles. The van der Waals surface area contributed by atoms with Crippen LogP contribution in [0.1, 0.15) is 28.3 Å². The average molecular weight is 480 g/mol. The Bertz CT molecular complexity index is 1270. The third-order valence-corrected chi connectivity index (χ3v) is 6.14. The molecule has 1 fully saturated rings. The van der Waals surface area contributed by atoms with Crippen LogP contribution in [0.2, 0.25) is 5.02 Å². The molecular weight excluding hydrogens is 457 g/mol. The van der Waals surface area contributed by atoms with Crippen LogP contribution in [0.5, 0.6) is 5.75 Å². The lowest BCUT2D eigenvalue weighted by Gasteiger charge is -2.25. The van der Waals surface area contributed by atoms with E-state index in [0.29, 0.717) is 12.0 Å². The lowest BCUT2D eigenvalue weighted by atomic mass is 9.94. The van der Waals surface area contributed by atoms with E-state index < -0.39 is 17.7 Å². The summed E-state index contributed by atoms with van der Waals surface area (Å²) in [4.78, 5) is 27.8. The Morgan fingerprint density at radius 3 is 2.41 bits per heavy atom. The molecule has 5 nitrogen and oxygen atoms in total. The van der Waals surface area contributed by atoms with Crippen LogP contribution in [0.15, 0.2) is 72.3 Å². The van der Waals surface area contributed by atoms with Gasteiger partial charge >= 0.3 is 0 Å². The van der Waals surface area contributed by atoms with Crippen molar-refractivity contribution in [1.29, 1.82) is 0 Å². The van der Waals surface area contributed by atoms with Gasteiger partial charge in [-0.2, -0.15) is 0 Å². The molecule has 1 atom stereocenters. The Balaban J connectivity index is 1.82. The minimum atomic E-state index is -0.800.